The average Bonchev–Trinajstić information content (AvgIpc) is 2.55. The van der Waals surface area contributed by atoms with Crippen LogP contribution in [-0.4, -0.2) is 32.2 Å². The van der Waals surface area contributed by atoms with E-state index in [4.69, 9.17) is 4.18 Å². The summed E-state index contributed by atoms with van der Waals surface area (Å²) >= 11 is 3.31. The first-order chi connectivity index (χ1) is 11.0. The van der Waals surface area contributed by atoms with Gasteiger partial charge in [-0.15, -0.1) is 0 Å². The van der Waals surface area contributed by atoms with E-state index >= 15 is 0 Å². The Kier molecular flexibility index (Phi) is 5.04. The van der Waals surface area contributed by atoms with Gasteiger partial charge >= 0.3 is 10.1 Å². The lowest BCUT2D eigenvalue weighted by Gasteiger charge is -2.28. The van der Waals surface area contributed by atoms with Gasteiger partial charge in [0.15, 0.2) is 0 Å². The van der Waals surface area contributed by atoms with Crippen molar-refractivity contribution in [1.29, 1.82) is 0 Å². The van der Waals surface area contributed by atoms with Crippen LogP contribution in [0.4, 0.5) is 0 Å². The first-order valence-corrected chi connectivity index (χ1v) is 9.86. The Hall–Kier alpha value is -1.37. The molecular formula is C17H18BrNO3S. The zero-order chi connectivity index (χ0) is 16.3. The van der Waals surface area contributed by atoms with Crippen LogP contribution in [0.1, 0.15) is 11.1 Å². The fourth-order valence-corrected chi connectivity index (χ4v) is 3.90. The molecule has 2 aromatic rings. The fourth-order valence-electron chi connectivity index (χ4n) is 2.66. The molecule has 0 aromatic heterocycles. The van der Waals surface area contributed by atoms with Gasteiger partial charge in [-0.05, 0) is 41.8 Å². The van der Waals surface area contributed by atoms with E-state index in [1.165, 1.54) is 11.1 Å². The molecule has 122 valence electrons. The maximum absolute atomic E-state index is 12.1. The highest BCUT2D eigenvalue weighted by Gasteiger charge is 2.19. The van der Waals surface area contributed by atoms with Crippen LogP contribution in [0.3, 0.4) is 0 Å². The molecule has 0 fully saturated rings. The highest BCUT2D eigenvalue weighted by Crippen LogP contribution is 2.20. The van der Waals surface area contributed by atoms with Crippen LogP contribution in [-0.2, 0) is 23.1 Å². The van der Waals surface area contributed by atoms with Crippen molar-refractivity contribution in [1.82, 2.24) is 4.90 Å². The third-order valence-electron chi connectivity index (χ3n) is 3.90. The number of hydrogen-bond donors (Lipinski definition) is 0. The van der Waals surface area contributed by atoms with E-state index < -0.39 is 10.1 Å². The summed E-state index contributed by atoms with van der Waals surface area (Å²) in [5.41, 5.74) is 2.64. The predicted molar refractivity (Wildman–Crippen MR) is 94.0 cm³/mol. The monoisotopic (exact) mass is 395 g/mol. The van der Waals surface area contributed by atoms with Gasteiger partial charge in [0.1, 0.15) is 5.75 Å². The second-order valence-electron chi connectivity index (χ2n) is 5.59. The van der Waals surface area contributed by atoms with Crippen molar-refractivity contribution in [3.05, 3.63) is 64.1 Å². The largest absolute Gasteiger partial charge is 0.382 e. The van der Waals surface area contributed by atoms with E-state index in [-0.39, 0.29) is 5.75 Å². The number of hydrogen-bond acceptors (Lipinski definition) is 4. The van der Waals surface area contributed by atoms with E-state index in [0.717, 1.165) is 24.0 Å². The summed E-state index contributed by atoms with van der Waals surface area (Å²) in [5, 5.41) is 0. The minimum absolute atomic E-state index is 0.00870. The van der Waals surface area contributed by atoms with Gasteiger partial charge in [-0.2, -0.15) is 8.42 Å². The normalized spacial score (nSPS) is 15.2. The lowest BCUT2D eigenvalue weighted by Crippen LogP contribution is -2.35. The van der Waals surface area contributed by atoms with Crippen molar-refractivity contribution in [3.8, 4) is 5.75 Å². The van der Waals surface area contributed by atoms with Gasteiger partial charge in [-0.3, -0.25) is 4.90 Å². The van der Waals surface area contributed by atoms with E-state index in [9.17, 15) is 8.42 Å². The fraction of sp³-hybridized carbons (Fsp3) is 0.294. The Morgan fingerprint density at radius 3 is 2.48 bits per heavy atom. The maximum atomic E-state index is 12.1. The van der Waals surface area contributed by atoms with E-state index in [1.54, 1.807) is 24.3 Å². The molecule has 0 unspecified atom stereocenters. The third-order valence-corrected chi connectivity index (χ3v) is 5.56. The van der Waals surface area contributed by atoms with Crippen LogP contribution in [0.25, 0.3) is 0 Å². The standard InChI is InChI=1S/C17H18BrNO3S/c18-16-5-7-17(8-6-16)22-23(20,21)12-11-19-10-9-14-3-1-2-4-15(14)13-19/h1-8H,9-13H2. The molecule has 0 spiro atoms. The van der Waals surface area contributed by atoms with Gasteiger partial charge in [0, 0.05) is 24.1 Å². The van der Waals surface area contributed by atoms with Crippen molar-refractivity contribution >= 4 is 26.0 Å². The van der Waals surface area contributed by atoms with E-state index in [2.05, 4.69) is 33.0 Å². The smallest absolute Gasteiger partial charge is 0.310 e. The molecule has 0 aliphatic carbocycles. The Bertz CT molecular complexity index is 775. The Morgan fingerprint density at radius 2 is 1.74 bits per heavy atom. The van der Waals surface area contributed by atoms with Crippen molar-refractivity contribution in [2.24, 2.45) is 0 Å². The van der Waals surface area contributed by atoms with Gasteiger partial charge in [-0.1, -0.05) is 40.2 Å². The molecular weight excluding hydrogens is 378 g/mol. The number of nitrogens with zero attached hydrogens (tertiary/aromatic N) is 1. The van der Waals surface area contributed by atoms with Crippen LogP contribution in [0.5, 0.6) is 5.75 Å². The van der Waals surface area contributed by atoms with Gasteiger partial charge in [0.25, 0.3) is 0 Å². The SMILES string of the molecule is O=S(=O)(CCN1CCc2ccccc2C1)Oc1ccc(Br)cc1. The molecule has 0 saturated heterocycles. The van der Waals surface area contributed by atoms with Crippen LogP contribution < -0.4 is 4.18 Å². The third kappa shape index (κ3) is 4.56. The molecule has 1 aliphatic rings. The second-order valence-corrected chi connectivity index (χ2v) is 8.20. The molecule has 4 nitrogen and oxygen atoms in total. The summed E-state index contributed by atoms with van der Waals surface area (Å²) in [6, 6.07) is 15.1. The number of halogens is 1. The summed E-state index contributed by atoms with van der Waals surface area (Å²) in [4.78, 5) is 2.16. The zero-order valence-electron chi connectivity index (χ0n) is 12.6. The molecule has 6 heteroatoms. The van der Waals surface area contributed by atoms with Gasteiger partial charge in [0.2, 0.25) is 0 Å². The maximum Gasteiger partial charge on any atom is 0.310 e. The quantitative estimate of drug-likeness (QED) is 0.729. The lowest BCUT2D eigenvalue weighted by molar-refractivity contribution is 0.267. The predicted octanol–water partition coefficient (Wildman–Crippen LogP) is 3.22. The van der Waals surface area contributed by atoms with Crippen molar-refractivity contribution in [2.45, 2.75) is 13.0 Å². The summed E-state index contributed by atoms with van der Waals surface area (Å²) in [7, 11) is -3.58. The zero-order valence-corrected chi connectivity index (χ0v) is 15.0. The summed E-state index contributed by atoms with van der Waals surface area (Å²) in [5.74, 6) is 0.336. The van der Waals surface area contributed by atoms with Gasteiger partial charge in [0.05, 0.1) is 5.75 Å². The summed E-state index contributed by atoms with van der Waals surface area (Å²) < 4.78 is 30.3. The Balaban J connectivity index is 1.56. The molecule has 0 radical (unpaired) electrons. The van der Waals surface area contributed by atoms with Gasteiger partial charge < -0.3 is 4.18 Å². The molecule has 3 rings (SSSR count). The number of benzene rings is 2. The average molecular weight is 396 g/mol. The number of rotatable bonds is 5. The molecule has 2 aromatic carbocycles. The van der Waals surface area contributed by atoms with E-state index in [1.807, 2.05) is 12.1 Å². The first kappa shape index (κ1) is 16.5. The highest BCUT2D eigenvalue weighted by atomic mass is 79.9. The molecule has 0 bridgehead atoms. The van der Waals surface area contributed by atoms with Crippen molar-refractivity contribution in [3.63, 3.8) is 0 Å². The molecule has 0 saturated carbocycles. The minimum Gasteiger partial charge on any atom is -0.382 e. The first-order valence-electron chi connectivity index (χ1n) is 7.49. The molecule has 0 atom stereocenters. The van der Waals surface area contributed by atoms with Crippen LogP contribution in [0, 0.1) is 0 Å². The second kappa shape index (κ2) is 7.03. The summed E-state index contributed by atoms with van der Waals surface area (Å²) in [6.45, 7) is 2.15. The lowest BCUT2D eigenvalue weighted by atomic mass is 10.0. The molecule has 0 amide bonds. The molecule has 1 aliphatic heterocycles. The van der Waals surface area contributed by atoms with Gasteiger partial charge in [-0.25, -0.2) is 0 Å². The van der Waals surface area contributed by atoms with Crippen LogP contribution in [0.2, 0.25) is 0 Å². The van der Waals surface area contributed by atoms with E-state index in [0.29, 0.717) is 12.3 Å². The van der Waals surface area contributed by atoms with Crippen LogP contribution >= 0.6 is 15.9 Å². The number of fused-ring (bicyclic) bond motifs is 1. The molecule has 1 heterocycles. The highest BCUT2D eigenvalue weighted by molar-refractivity contribution is 9.10. The Morgan fingerprint density at radius 1 is 1.04 bits per heavy atom. The summed E-state index contributed by atoms with van der Waals surface area (Å²) in [6.07, 6.45) is 0.962. The minimum atomic E-state index is -3.58. The van der Waals surface area contributed by atoms with Crippen molar-refractivity contribution < 1.29 is 12.6 Å². The Labute approximate surface area is 145 Å². The van der Waals surface area contributed by atoms with Crippen LogP contribution in [0.15, 0.2) is 53.0 Å². The van der Waals surface area contributed by atoms with Crippen molar-refractivity contribution in [2.75, 3.05) is 18.8 Å². The molecule has 0 N–H and O–H groups in total. The molecule has 23 heavy (non-hydrogen) atoms. The topological polar surface area (TPSA) is 46.6 Å².